The first-order chi connectivity index (χ1) is 7.70. The first-order valence-corrected chi connectivity index (χ1v) is 5.39. The summed E-state index contributed by atoms with van der Waals surface area (Å²) in [7, 11) is 1.59. The minimum absolute atomic E-state index is 0.222. The van der Waals surface area contributed by atoms with E-state index >= 15 is 0 Å². The molecule has 5 heteroatoms. The van der Waals surface area contributed by atoms with Crippen molar-refractivity contribution in [1.82, 2.24) is 10.2 Å². The Bertz CT molecular complexity index is 546. The van der Waals surface area contributed by atoms with Gasteiger partial charge in [-0.1, -0.05) is 15.9 Å². The Kier molecular flexibility index (Phi) is 3.05. The number of ether oxygens (including phenoxy) is 1. The fourth-order valence-corrected chi connectivity index (χ4v) is 1.71. The second-order valence-corrected chi connectivity index (χ2v) is 4.07. The predicted molar refractivity (Wildman–Crippen MR) is 64.5 cm³/mol. The first kappa shape index (κ1) is 10.9. The maximum atomic E-state index is 10.9. The van der Waals surface area contributed by atoms with Crippen molar-refractivity contribution in [3.8, 4) is 17.0 Å². The molecule has 16 heavy (non-hydrogen) atoms. The number of H-pyrrole nitrogens is 1. The van der Waals surface area contributed by atoms with Crippen LogP contribution >= 0.6 is 15.9 Å². The van der Waals surface area contributed by atoms with Crippen LogP contribution in [0.2, 0.25) is 0 Å². The van der Waals surface area contributed by atoms with E-state index in [0.717, 1.165) is 10.0 Å². The monoisotopic (exact) mass is 280 g/mol. The zero-order valence-electron chi connectivity index (χ0n) is 8.53. The second-order valence-electron chi connectivity index (χ2n) is 3.15. The summed E-state index contributed by atoms with van der Waals surface area (Å²) in [6.45, 7) is 0. The van der Waals surface area contributed by atoms with Crippen LogP contribution in [0.15, 0.2) is 39.6 Å². The molecule has 82 valence electrons. The second kappa shape index (κ2) is 4.49. The molecule has 2 aromatic rings. The molecule has 0 aliphatic carbocycles. The maximum Gasteiger partial charge on any atom is 0.264 e. The average Bonchev–Trinajstić information content (AvgIpc) is 2.30. The minimum Gasteiger partial charge on any atom is -0.496 e. The molecule has 0 fully saturated rings. The Morgan fingerprint density at radius 1 is 1.31 bits per heavy atom. The lowest BCUT2D eigenvalue weighted by molar-refractivity contribution is 0.416. The van der Waals surface area contributed by atoms with E-state index < -0.39 is 0 Å². The van der Waals surface area contributed by atoms with E-state index in [2.05, 4.69) is 26.1 Å². The fraction of sp³-hybridized carbons (Fsp3) is 0.0909. The number of nitrogens with one attached hydrogen (secondary N) is 1. The molecule has 0 saturated carbocycles. The molecule has 0 bridgehead atoms. The van der Waals surface area contributed by atoms with Gasteiger partial charge in [0.15, 0.2) is 0 Å². The van der Waals surface area contributed by atoms with Gasteiger partial charge in [0.1, 0.15) is 5.75 Å². The average molecular weight is 281 g/mol. The van der Waals surface area contributed by atoms with Gasteiger partial charge in [0.05, 0.1) is 12.8 Å². The number of halogens is 1. The Hall–Kier alpha value is -1.62. The van der Waals surface area contributed by atoms with Crippen molar-refractivity contribution in [2.45, 2.75) is 0 Å². The van der Waals surface area contributed by atoms with Crippen LogP contribution in [0, 0.1) is 0 Å². The summed E-state index contributed by atoms with van der Waals surface area (Å²) in [5, 5.41) is 6.35. The molecule has 1 heterocycles. The SMILES string of the molecule is COc1cc(Br)ccc1-c1ccc(=O)[nH]n1. The molecule has 1 aromatic carbocycles. The Morgan fingerprint density at radius 3 is 2.75 bits per heavy atom. The van der Waals surface area contributed by atoms with Gasteiger partial charge < -0.3 is 4.74 Å². The molecule has 0 saturated heterocycles. The summed E-state index contributed by atoms with van der Waals surface area (Å²) in [4.78, 5) is 10.9. The van der Waals surface area contributed by atoms with Crippen molar-refractivity contribution in [3.63, 3.8) is 0 Å². The smallest absolute Gasteiger partial charge is 0.264 e. The van der Waals surface area contributed by atoms with Gasteiger partial charge in [-0.2, -0.15) is 5.10 Å². The molecule has 0 spiro atoms. The fourth-order valence-electron chi connectivity index (χ4n) is 1.37. The van der Waals surface area contributed by atoms with Crippen molar-refractivity contribution in [2.24, 2.45) is 0 Å². The van der Waals surface area contributed by atoms with Crippen LogP contribution < -0.4 is 10.3 Å². The van der Waals surface area contributed by atoms with Gasteiger partial charge in [0, 0.05) is 16.1 Å². The Balaban J connectivity index is 2.55. The van der Waals surface area contributed by atoms with E-state index in [9.17, 15) is 4.79 Å². The normalized spacial score (nSPS) is 10.1. The lowest BCUT2D eigenvalue weighted by atomic mass is 10.1. The highest BCUT2D eigenvalue weighted by molar-refractivity contribution is 9.10. The molecular formula is C11H9BrN2O2. The van der Waals surface area contributed by atoms with Crippen LogP contribution in [-0.2, 0) is 0 Å². The summed E-state index contributed by atoms with van der Waals surface area (Å²) in [6.07, 6.45) is 0. The van der Waals surface area contributed by atoms with Gasteiger partial charge in [-0.25, -0.2) is 5.10 Å². The Labute approximate surface area is 100 Å². The van der Waals surface area contributed by atoms with E-state index in [0.29, 0.717) is 11.4 Å². The van der Waals surface area contributed by atoms with Crippen LogP contribution in [0.5, 0.6) is 5.75 Å². The largest absolute Gasteiger partial charge is 0.496 e. The van der Waals surface area contributed by atoms with Crippen LogP contribution in [0.25, 0.3) is 11.3 Å². The number of nitrogens with zero attached hydrogens (tertiary/aromatic N) is 1. The number of hydrogen-bond donors (Lipinski definition) is 1. The highest BCUT2D eigenvalue weighted by atomic mass is 79.9. The third-order valence-corrected chi connectivity index (χ3v) is 2.61. The maximum absolute atomic E-state index is 10.9. The van der Waals surface area contributed by atoms with Gasteiger partial charge >= 0.3 is 0 Å². The van der Waals surface area contributed by atoms with Gasteiger partial charge in [-0.05, 0) is 24.3 Å². The van der Waals surface area contributed by atoms with Crippen LogP contribution in [0.4, 0.5) is 0 Å². The number of aromatic nitrogens is 2. The lowest BCUT2D eigenvalue weighted by Gasteiger charge is -2.07. The molecule has 1 N–H and O–H groups in total. The van der Waals surface area contributed by atoms with Crippen molar-refractivity contribution < 1.29 is 4.74 Å². The van der Waals surface area contributed by atoms with E-state index in [4.69, 9.17) is 4.74 Å². The van der Waals surface area contributed by atoms with Gasteiger partial charge in [-0.3, -0.25) is 4.79 Å². The van der Waals surface area contributed by atoms with Gasteiger partial charge in [0.25, 0.3) is 5.56 Å². The first-order valence-electron chi connectivity index (χ1n) is 4.60. The molecule has 0 aliphatic rings. The summed E-state index contributed by atoms with van der Waals surface area (Å²) >= 11 is 3.36. The molecule has 0 unspecified atom stereocenters. The van der Waals surface area contributed by atoms with Crippen LogP contribution in [0.3, 0.4) is 0 Å². The van der Waals surface area contributed by atoms with Crippen molar-refractivity contribution in [1.29, 1.82) is 0 Å². The molecule has 0 amide bonds. The number of aromatic amines is 1. The van der Waals surface area contributed by atoms with Crippen molar-refractivity contribution in [2.75, 3.05) is 7.11 Å². The predicted octanol–water partition coefficient (Wildman–Crippen LogP) is 2.21. The van der Waals surface area contributed by atoms with E-state index in [-0.39, 0.29) is 5.56 Å². The summed E-state index contributed by atoms with van der Waals surface area (Å²) < 4.78 is 6.18. The minimum atomic E-state index is -0.222. The zero-order chi connectivity index (χ0) is 11.5. The molecular weight excluding hydrogens is 272 g/mol. The van der Waals surface area contributed by atoms with Crippen molar-refractivity contribution >= 4 is 15.9 Å². The molecule has 0 radical (unpaired) electrons. The van der Waals surface area contributed by atoms with E-state index in [1.54, 1.807) is 13.2 Å². The van der Waals surface area contributed by atoms with Gasteiger partial charge in [-0.15, -0.1) is 0 Å². The summed E-state index contributed by atoms with van der Waals surface area (Å²) in [6, 6.07) is 8.71. The van der Waals surface area contributed by atoms with Gasteiger partial charge in [0.2, 0.25) is 0 Å². The molecule has 0 atom stereocenters. The zero-order valence-corrected chi connectivity index (χ0v) is 10.1. The number of methoxy groups -OCH3 is 1. The third-order valence-electron chi connectivity index (χ3n) is 2.12. The highest BCUT2D eigenvalue weighted by Crippen LogP contribution is 2.30. The standard InChI is InChI=1S/C11H9BrN2O2/c1-16-10-6-7(12)2-3-8(10)9-4-5-11(15)14-13-9/h2-6H,1H3,(H,14,15). The van der Waals surface area contributed by atoms with Crippen LogP contribution in [0.1, 0.15) is 0 Å². The lowest BCUT2D eigenvalue weighted by Crippen LogP contribution is -2.05. The molecule has 1 aromatic heterocycles. The number of rotatable bonds is 2. The third kappa shape index (κ3) is 2.14. The highest BCUT2D eigenvalue weighted by Gasteiger charge is 2.07. The summed E-state index contributed by atoms with van der Waals surface area (Å²) in [5.74, 6) is 0.703. The summed E-state index contributed by atoms with van der Waals surface area (Å²) in [5.41, 5.74) is 1.28. The molecule has 2 rings (SSSR count). The number of benzene rings is 1. The number of hydrogen-bond acceptors (Lipinski definition) is 3. The van der Waals surface area contributed by atoms with E-state index in [1.165, 1.54) is 6.07 Å². The quantitative estimate of drug-likeness (QED) is 0.918. The van der Waals surface area contributed by atoms with Crippen LogP contribution in [-0.4, -0.2) is 17.3 Å². The Morgan fingerprint density at radius 2 is 2.12 bits per heavy atom. The topological polar surface area (TPSA) is 55.0 Å². The molecule has 0 aliphatic heterocycles. The molecule has 4 nitrogen and oxygen atoms in total. The van der Waals surface area contributed by atoms with Crippen molar-refractivity contribution in [3.05, 3.63) is 45.2 Å². The van der Waals surface area contributed by atoms with E-state index in [1.807, 2.05) is 18.2 Å².